The van der Waals surface area contributed by atoms with E-state index >= 15 is 0 Å². The predicted molar refractivity (Wildman–Crippen MR) is 223 cm³/mol. The van der Waals surface area contributed by atoms with Crippen LogP contribution in [0.15, 0.2) is 84.9 Å². The largest absolute Gasteiger partial charge is 0.494 e. The van der Waals surface area contributed by atoms with Gasteiger partial charge in [-0.2, -0.15) is 10.5 Å². The number of nitriles is 2. The quantitative estimate of drug-likeness (QED) is 0.102. The van der Waals surface area contributed by atoms with Gasteiger partial charge in [-0.1, -0.05) is 60.7 Å². The Kier molecular flexibility index (Phi) is 8.45. The first-order valence-corrected chi connectivity index (χ1v) is 18.5. The lowest BCUT2D eigenvalue weighted by Gasteiger charge is -2.32. The third-order valence-electron chi connectivity index (χ3n) is 12.2. The maximum atomic E-state index is 10.4. The fourth-order valence-electron chi connectivity index (χ4n) is 7.62. The summed E-state index contributed by atoms with van der Waals surface area (Å²) in [6.07, 6.45) is 0. The summed E-state index contributed by atoms with van der Waals surface area (Å²) in [7, 11) is -1.26. The van der Waals surface area contributed by atoms with Crippen LogP contribution in [0.1, 0.15) is 66.5 Å². The molecule has 6 aromatic carbocycles. The molecule has 0 aliphatic carbocycles. The van der Waals surface area contributed by atoms with E-state index in [0.29, 0.717) is 33.6 Å². The molecule has 8 nitrogen and oxygen atoms in total. The lowest BCUT2D eigenvalue weighted by molar-refractivity contribution is 0.00578. The van der Waals surface area contributed by atoms with Gasteiger partial charge in [0, 0.05) is 0 Å². The van der Waals surface area contributed by atoms with E-state index in [1.807, 2.05) is 67.5 Å². The van der Waals surface area contributed by atoms with Crippen molar-refractivity contribution in [3.05, 3.63) is 119 Å². The van der Waals surface area contributed by atoms with Crippen LogP contribution in [0.25, 0.3) is 64.3 Å². The van der Waals surface area contributed by atoms with Crippen LogP contribution in [0.4, 0.5) is 11.4 Å². The van der Waals surface area contributed by atoms with E-state index in [9.17, 15) is 10.5 Å². The molecule has 0 atom stereocenters. The van der Waals surface area contributed by atoms with Crippen molar-refractivity contribution >= 4 is 68.9 Å². The molecule has 0 N–H and O–H groups in total. The number of rotatable bonds is 4. The van der Waals surface area contributed by atoms with Gasteiger partial charge in [0.1, 0.15) is 0 Å². The third-order valence-corrected chi connectivity index (χ3v) is 12.2. The van der Waals surface area contributed by atoms with Crippen molar-refractivity contribution in [1.29, 1.82) is 10.5 Å². The van der Waals surface area contributed by atoms with E-state index in [1.54, 1.807) is 36.4 Å². The second kappa shape index (κ2) is 12.8. The summed E-state index contributed by atoms with van der Waals surface area (Å²) < 4.78 is 25.9. The Morgan fingerprint density at radius 3 is 1.43 bits per heavy atom. The molecule has 0 saturated carbocycles. The molecular formula is C46H38B2N4O4. The number of hydrogen-bond acceptors (Lipinski definition) is 6. The number of benzene rings is 6. The van der Waals surface area contributed by atoms with Gasteiger partial charge < -0.3 is 18.6 Å². The Balaban J connectivity index is 1.48. The van der Waals surface area contributed by atoms with Gasteiger partial charge in [0.25, 0.3) is 0 Å². The van der Waals surface area contributed by atoms with Crippen LogP contribution < -0.4 is 10.9 Å². The van der Waals surface area contributed by atoms with E-state index in [0.717, 1.165) is 54.4 Å². The normalized spacial score (nSPS) is 17.8. The zero-order valence-corrected chi connectivity index (χ0v) is 32.7. The molecule has 272 valence electrons. The van der Waals surface area contributed by atoms with Crippen LogP contribution in [0.3, 0.4) is 0 Å². The molecule has 56 heavy (non-hydrogen) atoms. The first-order valence-electron chi connectivity index (χ1n) is 18.5. The first-order chi connectivity index (χ1) is 26.5. The van der Waals surface area contributed by atoms with Gasteiger partial charge in [-0.25, -0.2) is 9.69 Å². The Labute approximate surface area is 328 Å². The highest BCUT2D eigenvalue weighted by atomic mass is 16.7. The Morgan fingerprint density at radius 1 is 0.482 bits per heavy atom. The second-order valence-corrected chi connectivity index (χ2v) is 16.6. The SMILES string of the molecule is [C-]#[N+]c1ccc(C#N)c(-c2cc3c4ccc(B5OC(C)(C)C(C)(C)O5)cc4c(-c4cc(C#N)ccc4[N+]#[C-])cc3c3ccc(B4OC(C)(C)C(C)(C)O4)cc23)c1. The molecule has 2 aliphatic rings. The average molecular weight is 732 g/mol. The molecule has 6 aromatic rings. The highest BCUT2D eigenvalue weighted by Crippen LogP contribution is 2.46. The summed E-state index contributed by atoms with van der Waals surface area (Å²) >= 11 is 0. The van der Waals surface area contributed by atoms with Crippen molar-refractivity contribution < 1.29 is 18.6 Å². The van der Waals surface area contributed by atoms with Crippen LogP contribution in [-0.2, 0) is 18.6 Å². The molecule has 0 radical (unpaired) electrons. The maximum absolute atomic E-state index is 10.4. The summed E-state index contributed by atoms with van der Waals surface area (Å²) in [6.45, 7) is 32.1. The van der Waals surface area contributed by atoms with Gasteiger partial charge in [-0.05, 0) is 145 Å². The first kappa shape index (κ1) is 37.0. The van der Waals surface area contributed by atoms with E-state index < -0.39 is 36.6 Å². The van der Waals surface area contributed by atoms with E-state index in [2.05, 4.69) is 58.2 Å². The van der Waals surface area contributed by atoms with Crippen LogP contribution in [0.2, 0.25) is 0 Å². The van der Waals surface area contributed by atoms with Gasteiger partial charge in [0.2, 0.25) is 0 Å². The van der Waals surface area contributed by atoms with Crippen LogP contribution in [0, 0.1) is 35.8 Å². The minimum atomic E-state index is -0.631. The predicted octanol–water partition coefficient (Wildman–Crippen LogP) is 9.92. The Bertz CT molecular complexity index is 2630. The maximum Gasteiger partial charge on any atom is 0.494 e. The molecule has 0 aromatic heterocycles. The van der Waals surface area contributed by atoms with E-state index in [4.69, 9.17) is 31.8 Å². The summed E-state index contributed by atoms with van der Waals surface area (Å²) in [6, 6.07) is 31.3. The van der Waals surface area contributed by atoms with E-state index in [1.165, 1.54) is 0 Å². The summed E-state index contributed by atoms with van der Waals surface area (Å²) in [5.41, 5.74) is 4.00. The molecule has 0 spiro atoms. The number of hydrogen-bond donors (Lipinski definition) is 0. The lowest BCUT2D eigenvalue weighted by Crippen LogP contribution is -2.41. The number of nitrogens with zero attached hydrogens (tertiary/aromatic N) is 4. The molecule has 2 saturated heterocycles. The zero-order chi connectivity index (χ0) is 39.9. The van der Waals surface area contributed by atoms with Crippen LogP contribution >= 0.6 is 0 Å². The smallest absolute Gasteiger partial charge is 0.399 e. The summed E-state index contributed by atoms with van der Waals surface area (Å²) in [5, 5.41) is 25.6. The molecule has 2 aliphatic heterocycles. The Hall–Kier alpha value is -5.97. The highest BCUT2D eigenvalue weighted by Gasteiger charge is 2.53. The molecular weight excluding hydrogens is 694 g/mol. The molecule has 0 unspecified atom stereocenters. The lowest BCUT2D eigenvalue weighted by atomic mass is 9.75. The van der Waals surface area contributed by atoms with Crippen LogP contribution in [-0.4, -0.2) is 36.6 Å². The topological polar surface area (TPSA) is 93.2 Å². The molecule has 0 bridgehead atoms. The van der Waals surface area contributed by atoms with Crippen molar-refractivity contribution in [2.24, 2.45) is 0 Å². The highest BCUT2D eigenvalue weighted by molar-refractivity contribution is 6.63. The average Bonchev–Trinajstić information content (AvgIpc) is 3.55. The minimum absolute atomic E-state index is 0.421. The fraction of sp³-hybridized carbons (Fsp3) is 0.261. The van der Waals surface area contributed by atoms with Crippen LogP contribution in [0.5, 0.6) is 0 Å². The van der Waals surface area contributed by atoms with Crippen molar-refractivity contribution in [2.45, 2.75) is 77.8 Å². The van der Waals surface area contributed by atoms with Gasteiger partial charge in [-0.3, -0.25) is 0 Å². The molecule has 2 fully saturated rings. The summed E-state index contributed by atoms with van der Waals surface area (Å²) in [4.78, 5) is 7.60. The van der Waals surface area contributed by atoms with Gasteiger partial charge >= 0.3 is 14.2 Å². The fourth-order valence-corrected chi connectivity index (χ4v) is 7.62. The van der Waals surface area contributed by atoms with E-state index in [-0.39, 0.29) is 0 Å². The van der Waals surface area contributed by atoms with Crippen molar-refractivity contribution in [3.8, 4) is 34.4 Å². The zero-order valence-electron chi connectivity index (χ0n) is 32.7. The van der Waals surface area contributed by atoms with Crippen molar-refractivity contribution in [2.75, 3.05) is 0 Å². The second-order valence-electron chi connectivity index (χ2n) is 16.6. The number of fused-ring (bicyclic) bond motifs is 5. The molecule has 2 heterocycles. The van der Waals surface area contributed by atoms with Crippen molar-refractivity contribution in [3.63, 3.8) is 0 Å². The van der Waals surface area contributed by atoms with Gasteiger partial charge in [-0.15, -0.1) is 0 Å². The third kappa shape index (κ3) is 5.74. The van der Waals surface area contributed by atoms with Gasteiger partial charge in [0.15, 0.2) is 11.4 Å². The molecule has 8 rings (SSSR count). The van der Waals surface area contributed by atoms with Gasteiger partial charge in [0.05, 0.1) is 58.8 Å². The Morgan fingerprint density at radius 2 is 0.982 bits per heavy atom. The monoisotopic (exact) mass is 732 g/mol. The molecule has 10 heteroatoms. The standard InChI is InChI=1S/C46H38B2N4O4/c1-43(2)44(3,4)54-47(53-43)29-13-16-32-35(20-29)39(34-22-31(51-9)15-12-28(34)26-50)23-37-33-17-14-30(48-55-45(5,6)46(7,8)56-48)21-36(33)40(24-38(32)37)41-19-27(25-49)11-18-42(41)52-10/h11-24H,1-8H3. The summed E-state index contributed by atoms with van der Waals surface area (Å²) in [5.74, 6) is 0. The van der Waals surface area contributed by atoms with Crippen molar-refractivity contribution in [1.82, 2.24) is 0 Å². The molecule has 0 amide bonds. The minimum Gasteiger partial charge on any atom is -0.399 e.